The Balaban J connectivity index is 1.98. The first-order chi connectivity index (χ1) is 8.31. The fraction of sp³-hybridized carbons (Fsp3) is 0.545. The summed E-state index contributed by atoms with van der Waals surface area (Å²) in [5.74, 6) is 0.377. The maximum Gasteiger partial charge on any atom is 0.323 e. The van der Waals surface area contributed by atoms with Gasteiger partial charge in [-0.2, -0.15) is 10.4 Å². The van der Waals surface area contributed by atoms with Crippen molar-refractivity contribution in [2.24, 2.45) is 0 Å². The molecule has 2 amide bonds. The molecule has 1 aromatic heterocycles. The second-order valence-corrected chi connectivity index (χ2v) is 4.10. The molecule has 6 heteroatoms. The summed E-state index contributed by atoms with van der Waals surface area (Å²) in [7, 11) is 0. The molecule has 0 saturated carbocycles. The zero-order valence-electron chi connectivity index (χ0n) is 9.57. The lowest BCUT2D eigenvalue weighted by atomic mass is 10.2. The number of carbonyl (C=O) groups excluding carboxylic acids is 1. The lowest BCUT2D eigenvalue weighted by Gasteiger charge is -2.20. The molecule has 0 unspecified atom stereocenters. The average Bonchev–Trinajstić information content (AvgIpc) is 2.62. The van der Waals surface area contributed by atoms with Crippen LogP contribution in [0.2, 0.25) is 0 Å². The molecule has 0 radical (unpaired) electrons. The van der Waals surface area contributed by atoms with Gasteiger partial charge in [0.25, 0.3) is 0 Å². The van der Waals surface area contributed by atoms with Gasteiger partial charge in [0.15, 0.2) is 0 Å². The maximum atomic E-state index is 11.9. The van der Waals surface area contributed by atoms with E-state index in [1.807, 2.05) is 6.07 Å². The molecule has 1 aromatic rings. The summed E-state index contributed by atoms with van der Waals surface area (Å²) < 4.78 is 0. The quantitative estimate of drug-likeness (QED) is 0.774. The van der Waals surface area contributed by atoms with Gasteiger partial charge >= 0.3 is 6.03 Å². The summed E-state index contributed by atoms with van der Waals surface area (Å²) in [4.78, 5) is 13.7. The van der Waals surface area contributed by atoms with Crippen molar-refractivity contribution < 1.29 is 4.79 Å². The molecule has 0 bridgehead atoms. The molecular formula is C11H15N5O. The number of anilines is 1. The Morgan fingerprint density at radius 1 is 1.41 bits per heavy atom. The molecule has 1 aliphatic rings. The number of likely N-dealkylation sites (tertiary alicyclic amines) is 1. The van der Waals surface area contributed by atoms with Crippen LogP contribution >= 0.6 is 0 Å². The number of nitrogens with one attached hydrogen (secondary N) is 2. The van der Waals surface area contributed by atoms with Crippen LogP contribution in [-0.4, -0.2) is 34.2 Å². The molecular weight excluding hydrogens is 218 g/mol. The third-order valence-electron chi connectivity index (χ3n) is 2.88. The Kier molecular flexibility index (Phi) is 3.60. The van der Waals surface area contributed by atoms with Crippen LogP contribution < -0.4 is 5.32 Å². The normalized spacial score (nSPS) is 16.1. The first-order valence-electron chi connectivity index (χ1n) is 5.80. The average molecular weight is 233 g/mol. The van der Waals surface area contributed by atoms with Gasteiger partial charge in [-0.25, -0.2) is 4.79 Å². The zero-order valence-corrected chi connectivity index (χ0v) is 9.57. The van der Waals surface area contributed by atoms with Crippen molar-refractivity contribution in [1.29, 1.82) is 5.26 Å². The highest BCUT2D eigenvalue weighted by molar-refractivity contribution is 5.89. The molecule has 2 N–H and O–H groups in total. The molecule has 0 aliphatic carbocycles. The molecule has 6 nitrogen and oxygen atoms in total. The minimum atomic E-state index is -0.160. The fourth-order valence-corrected chi connectivity index (χ4v) is 1.93. The molecule has 0 spiro atoms. The third-order valence-corrected chi connectivity index (χ3v) is 2.88. The summed E-state index contributed by atoms with van der Waals surface area (Å²) in [6.45, 7) is 1.56. The highest BCUT2D eigenvalue weighted by Crippen LogP contribution is 2.13. The van der Waals surface area contributed by atoms with E-state index in [-0.39, 0.29) is 6.03 Å². The van der Waals surface area contributed by atoms with Gasteiger partial charge in [-0.3, -0.25) is 10.4 Å². The summed E-state index contributed by atoms with van der Waals surface area (Å²) in [5, 5.41) is 17.8. The molecule has 2 heterocycles. The first-order valence-corrected chi connectivity index (χ1v) is 5.80. The predicted octanol–water partition coefficient (Wildman–Crippen LogP) is 1.69. The largest absolute Gasteiger partial charge is 0.325 e. The van der Waals surface area contributed by atoms with Crippen LogP contribution in [0.1, 0.15) is 31.2 Å². The Labute approximate surface area is 99.6 Å². The van der Waals surface area contributed by atoms with E-state index < -0.39 is 0 Å². The van der Waals surface area contributed by atoms with Gasteiger partial charge in [-0.15, -0.1) is 0 Å². The number of nitrogens with zero attached hydrogens (tertiary/aromatic N) is 3. The minimum Gasteiger partial charge on any atom is -0.325 e. The smallest absolute Gasteiger partial charge is 0.323 e. The van der Waals surface area contributed by atoms with E-state index in [4.69, 9.17) is 5.26 Å². The van der Waals surface area contributed by atoms with E-state index in [2.05, 4.69) is 15.5 Å². The summed E-state index contributed by atoms with van der Waals surface area (Å²) in [5.41, 5.74) is 0.355. The number of carbonyl (C=O) groups is 1. The highest BCUT2D eigenvalue weighted by atomic mass is 16.2. The van der Waals surface area contributed by atoms with E-state index >= 15 is 0 Å². The predicted molar refractivity (Wildman–Crippen MR) is 62.4 cm³/mol. The van der Waals surface area contributed by atoms with Gasteiger partial charge in [0, 0.05) is 13.1 Å². The Morgan fingerprint density at radius 2 is 2.12 bits per heavy atom. The molecule has 1 saturated heterocycles. The highest BCUT2D eigenvalue weighted by Gasteiger charge is 2.17. The van der Waals surface area contributed by atoms with Crippen molar-refractivity contribution in [1.82, 2.24) is 15.1 Å². The number of nitriles is 1. The SMILES string of the molecule is N#Cc1cn[nH]c1NC(=O)N1CCCCCC1. The van der Waals surface area contributed by atoms with Gasteiger partial charge in [0.05, 0.1) is 6.20 Å². The number of H-pyrrole nitrogens is 1. The number of amides is 2. The zero-order chi connectivity index (χ0) is 12.1. The van der Waals surface area contributed by atoms with E-state index in [9.17, 15) is 4.79 Å². The first kappa shape index (κ1) is 11.5. The molecule has 17 heavy (non-hydrogen) atoms. The summed E-state index contributed by atoms with van der Waals surface area (Å²) in [6.07, 6.45) is 5.84. The van der Waals surface area contributed by atoms with Crippen LogP contribution in [0.5, 0.6) is 0 Å². The van der Waals surface area contributed by atoms with Crippen LogP contribution in [-0.2, 0) is 0 Å². The van der Waals surface area contributed by atoms with Crippen LogP contribution in [0.4, 0.5) is 10.6 Å². The van der Waals surface area contributed by atoms with Crippen molar-refractivity contribution in [2.75, 3.05) is 18.4 Å². The fourth-order valence-electron chi connectivity index (χ4n) is 1.93. The van der Waals surface area contributed by atoms with Crippen molar-refractivity contribution in [3.8, 4) is 6.07 Å². The number of hydrogen-bond donors (Lipinski definition) is 2. The Bertz CT molecular complexity index is 425. The van der Waals surface area contributed by atoms with Crippen molar-refractivity contribution in [3.05, 3.63) is 11.8 Å². The van der Waals surface area contributed by atoms with Gasteiger partial charge in [-0.1, -0.05) is 12.8 Å². The number of urea groups is 1. The van der Waals surface area contributed by atoms with E-state index in [1.54, 1.807) is 4.90 Å². The lowest BCUT2D eigenvalue weighted by Crippen LogP contribution is -2.35. The standard InChI is InChI=1S/C11H15N5O/c12-7-9-8-13-15-10(9)14-11(17)16-5-3-1-2-4-6-16/h8H,1-6H2,(H2,13,14,15,17). The molecule has 90 valence electrons. The van der Waals surface area contributed by atoms with E-state index in [0.29, 0.717) is 11.4 Å². The second kappa shape index (κ2) is 5.34. The summed E-state index contributed by atoms with van der Waals surface area (Å²) in [6, 6.07) is 1.81. The maximum absolute atomic E-state index is 11.9. The van der Waals surface area contributed by atoms with Gasteiger partial charge < -0.3 is 4.90 Å². The molecule has 0 atom stereocenters. The Morgan fingerprint density at radius 3 is 2.76 bits per heavy atom. The van der Waals surface area contributed by atoms with E-state index in [0.717, 1.165) is 25.9 Å². The lowest BCUT2D eigenvalue weighted by molar-refractivity contribution is 0.213. The van der Waals surface area contributed by atoms with Crippen LogP contribution in [0.3, 0.4) is 0 Å². The van der Waals surface area contributed by atoms with Crippen LogP contribution in [0.25, 0.3) is 0 Å². The van der Waals surface area contributed by atoms with Crippen LogP contribution in [0.15, 0.2) is 6.20 Å². The van der Waals surface area contributed by atoms with Gasteiger partial charge in [0.2, 0.25) is 0 Å². The molecule has 1 fully saturated rings. The topological polar surface area (TPSA) is 84.8 Å². The molecule has 1 aliphatic heterocycles. The van der Waals surface area contributed by atoms with Crippen molar-refractivity contribution in [2.45, 2.75) is 25.7 Å². The summed E-state index contributed by atoms with van der Waals surface area (Å²) >= 11 is 0. The number of aromatic nitrogens is 2. The second-order valence-electron chi connectivity index (χ2n) is 4.10. The van der Waals surface area contributed by atoms with Crippen LogP contribution in [0, 0.1) is 11.3 Å². The van der Waals surface area contributed by atoms with Crippen molar-refractivity contribution >= 4 is 11.8 Å². The number of aromatic amines is 1. The van der Waals surface area contributed by atoms with E-state index in [1.165, 1.54) is 19.0 Å². The van der Waals surface area contributed by atoms with Gasteiger partial charge in [-0.05, 0) is 12.8 Å². The monoisotopic (exact) mass is 233 g/mol. The molecule has 2 rings (SSSR count). The molecule has 0 aromatic carbocycles. The Hall–Kier alpha value is -2.03. The minimum absolute atomic E-state index is 0.160. The number of hydrogen-bond acceptors (Lipinski definition) is 3. The third kappa shape index (κ3) is 2.75. The number of rotatable bonds is 1. The van der Waals surface area contributed by atoms with Crippen molar-refractivity contribution in [3.63, 3.8) is 0 Å². The van der Waals surface area contributed by atoms with Gasteiger partial charge in [0.1, 0.15) is 17.5 Å².